The minimum atomic E-state index is 0.512. The first-order valence-electron chi connectivity index (χ1n) is 7.87. The maximum absolute atomic E-state index is 2.47. The van der Waals surface area contributed by atoms with Crippen LogP contribution in [0.15, 0.2) is 24.3 Å². The minimum Gasteiger partial charge on any atom is -0.0594 e. The summed E-state index contributed by atoms with van der Waals surface area (Å²) in [5, 5.41) is 0. The molecule has 0 heteroatoms. The number of aryl methyl sites for hydroxylation is 1. The van der Waals surface area contributed by atoms with Crippen LogP contribution >= 0.6 is 0 Å². The Balaban J connectivity index is 1.70. The Hall–Kier alpha value is -0.780. The lowest BCUT2D eigenvalue weighted by Crippen LogP contribution is -2.25. The largest absolute Gasteiger partial charge is 0.0594 e. The Morgan fingerprint density at radius 1 is 0.895 bits per heavy atom. The SMILES string of the molecule is Cc1ccc(C2CC2C2CC(C)(C)C(C)(C)C2)cc1. The standard InChI is InChI=1S/C19H28/c1-13-6-8-14(9-7-13)16-10-17(16)15-11-18(2,3)19(4,5)12-15/h6-9,15-17H,10-12H2,1-5H3. The van der Waals surface area contributed by atoms with E-state index in [2.05, 4.69) is 58.9 Å². The molecule has 3 rings (SSSR count). The van der Waals surface area contributed by atoms with Crippen LogP contribution in [-0.2, 0) is 0 Å². The molecule has 0 amide bonds. The van der Waals surface area contributed by atoms with Gasteiger partial charge < -0.3 is 0 Å². The average Bonchev–Trinajstić information content (AvgIpc) is 3.04. The van der Waals surface area contributed by atoms with E-state index in [0.717, 1.165) is 17.8 Å². The molecule has 2 unspecified atom stereocenters. The van der Waals surface area contributed by atoms with E-state index in [1.807, 2.05) is 0 Å². The normalized spacial score (nSPS) is 32.5. The first-order chi connectivity index (χ1) is 8.80. The molecule has 0 bridgehead atoms. The van der Waals surface area contributed by atoms with Crippen molar-refractivity contribution in [3.05, 3.63) is 35.4 Å². The highest BCUT2D eigenvalue weighted by atomic mass is 14.6. The molecule has 0 aliphatic heterocycles. The predicted octanol–water partition coefficient (Wildman–Crippen LogP) is 5.56. The van der Waals surface area contributed by atoms with Crippen LogP contribution in [0, 0.1) is 29.6 Å². The van der Waals surface area contributed by atoms with Gasteiger partial charge in [-0.15, -0.1) is 0 Å². The second-order valence-corrected chi connectivity index (χ2v) is 8.35. The lowest BCUT2D eigenvalue weighted by Gasteiger charge is -2.34. The third-order valence-corrected chi connectivity index (χ3v) is 6.33. The summed E-state index contributed by atoms with van der Waals surface area (Å²) in [6.07, 6.45) is 4.28. The van der Waals surface area contributed by atoms with Gasteiger partial charge >= 0.3 is 0 Å². The molecule has 2 saturated carbocycles. The molecule has 0 nitrogen and oxygen atoms in total. The van der Waals surface area contributed by atoms with Gasteiger partial charge in [0, 0.05) is 0 Å². The molecule has 0 saturated heterocycles. The molecule has 2 fully saturated rings. The third kappa shape index (κ3) is 2.24. The van der Waals surface area contributed by atoms with Gasteiger partial charge in [-0.05, 0) is 60.3 Å². The number of benzene rings is 1. The Labute approximate surface area is 118 Å². The Bertz CT molecular complexity index is 447. The minimum absolute atomic E-state index is 0.512. The molecule has 1 aromatic carbocycles. The van der Waals surface area contributed by atoms with Gasteiger partial charge in [0.05, 0.1) is 0 Å². The molecule has 0 N–H and O–H groups in total. The van der Waals surface area contributed by atoms with Crippen molar-refractivity contribution in [3.8, 4) is 0 Å². The maximum Gasteiger partial charge on any atom is -0.0128 e. The summed E-state index contributed by atoms with van der Waals surface area (Å²) < 4.78 is 0. The Kier molecular flexibility index (Phi) is 2.86. The monoisotopic (exact) mass is 256 g/mol. The van der Waals surface area contributed by atoms with Gasteiger partial charge in [-0.2, -0.15) is 0 Å². The molecule has 1 aromatic rings. The van der Waals surface area contributed by atoms with Gasteiger partial charge in [-0.3, -0.25) is 0 Å². The second kappa shape index (κ2) is 4.11. The molecule has 0 spiro atoms. The van der Waals surface area contributed by atoms with Crippen molar-refractivity contribution < 1.29 is 0 Å². The van der Waals surface area contributed by atoms with Crippen molar-refractivity contribution in [2.24, 2.45) is 22.7 Å². The van der Waals surface area contributed by atoms with E-state index in [0.29, 0.717) is 10.8 Å². The summed E-state index contributed by atoms with van der Waals surface area (Å²) in [4.78, 5) is 0. The summed E-state index contributed by atoms with van der Waals surface area (Å²) in [6.45, 7) is 12.1. The van der Waals surface area contributed by atoms with E-state index in [-0.39, 0.29) is 0 Å². The van der Waals surface area contributed by atoms with Crippen LogP contribution in [0.4, 0.5) is 0 Å². The highest BCUT2D eigenvalue weighted by Gasteiger charge is 2.53. The molecule has 2 atom stereocenters. The fourth-order valence-electron chi connectivity index (χ4n) is 4.17. The zero-order chi connectivity index (χ0) is 13.8. The number of hydrogen-bond donors (Lipinski definition) is 0. The van der Waals surface area contributed by atoms with Crippen molar-refractivity contribution in [1.29, 1.82) is 0 Å². The van der Waals surface area contributed by atoms with Gasteiger partial charge in [0.25, 0.3) is 0 Å². The van der Waals surface area contributed by atoms with E-state index in [1.165, 1.54) is 24.8 Å². The lowest BCUT2D eigenvalue weighted by molar-refractivity contribution is 0.157. The summed E-state index contributed by atoms with van der Waals surface area (Å²) >= 11 is 0. The van der Waals surface area contributed by atoms with Crippen LogP contribution in [0.25, 0.3) is 0 Å². The Morgan fingerprint density at radius 2 is 1.42 bits per heavy atom. The topological polar surface area (TPSA) is 0 Å². The van der Waals surface area contributed by atoms with Crippen molar-refractivity contribution in [1.82, 2.24) is 0 Å². The van der Waals surface area contributed by atoms with Crippen molar-refractivity contribution in [2.75, 3.05) is 0 Å². The van der Waals surface area contributed by atoms with Crippen molar-refractivity contribution in [2.45, 2.75) is 59.8 Å². The fourth-order valence-corrected chi connectivity index (χ4v) is 4.17. The average molecular weight is 256 g/mol. The van der Waals surface area contributed by atoms with Gasteiger partial charge in [0.2, 0.25) is 0 Å². The van der Waals surface area contributed by atoms with E-state index in [9.17, 15) is 0 Å². The first-order valence-corrected chi connectivity index (χ1v) is 7.87. The first kappa shape index (κ1) is 13.2. The second-order valence-electron chi connectivity index (χ2n) is 8.35. The van der Waals surface area contributed by atoms with Crippen LogP contribution in [0.1, 0.15) is 64.0 Å². The van der Waals surface area contributed by atoms with E-state index < -0.39 is 0 Å². The summed E-state index contributed by atoms with van der Waals surface area (Å²) in [5.74, 6) is 2.77. The summed E-state index contributed by atoms with van der Waals surface area (Å²) in [6, 6.07) is 9.25. The molecule has 2 aliphatic rings. The summed E-state index contributed by atoms with van der Waals surface area (Å²) in [7, 11) is 0. The van der Waals surface area contributed by atoms with Gasteiger partial charge in [0.1, 0.15) is 0 Å². The molecular formula is C19H28. The molecule has 19 heavy (non-hydrogen) atoms. The fraction of sp³-hybridized carbons (Fsp3) is 0.684. The number of rotatable bonds is 2. The number of hydrogen-bond acceptors (Lipinski definition) is 0. The van der Waals surface area contributed by atoms with E-state index in [1.54, 1.807) is 5.56 Å². The van der Waals surface area contributed by atoms with Crippen LogP contribution in [0.5, 0.6) is 0 Å². The van der Waals surface area contributed by atoms with Crippen LogP contribution in [0.3, 0.4) is 0 Å². The quantitative estimate of drug-likeness (QED) is 0.649. The third-order valence-electron chi connectivity index (χ3n) is 6.33. The van der Waals surface area contributed by atoms with E-state index >= 15 is 0 Å². The smallest absolute Gasteiger partial charge is 0.0128 e. The van der Waals surface area contributed by atoms with Gasteiger partial charge in [0.15, 0.2) is 0 Å². The highest BCUT2D eigenvalue weighted by Crippen LogP contribution is 2.63. The molecule has 0 radical (unpaired) electrons. The lowest BCUT2D eigenvalue weighted by atomic mass is 9.71. The van der Waals surface area contributed by atoms with Crippen LogP contribution < -0.4 is 0 Å². The van der Waals surface area contributed by atoms with E-state index in [4.69, 9.17) is 0 Å². The Morgan fingerprint density at radius 3 is 1.95 bits per heavy atom. The van der Waals surface area contributed by atoms with Gasteiger partial charge in [-0.1, -0.05) is 57.5 Å². The molecular weight excluding hydrogens is 228 g/mol. The molecule has 0 aromatic heterocycles. The molecule has 0 heterocycles. The zero-order valence-corrected chi connectivity index (χ0v) is 13.2. The summed E-state index contributed by atoms with van der Waals surface area (Å²) in [5.41, 5.74) is 3.98. The highest BCUT2D eigenvalue weighted by molar-refractivity contribution is 5.29. The predicted molar refractivity (Wildman–Crippen MR) is 82.3 cm³/mol. The van der Waals surface area contributed by atoms with Crippen molar-refractivity contribution in [3.63, 3.8) is 0 Å². The maximum atomic E-state index is 2.47. The van der Waals surface area contributed by atoms with Crippen LogP contribution in [0.2, 0.25) is 0 Å². The zero-order valence-electron chi connectivity index (χ0n) is 13.2. The van der Waals surface area contributed by atoms with Crippen LogP contribution in [-0.4, -0.2) is 0 Å². The molecule has 104 valence electrons. The van der Waals surface area contributed by atoms with Gasteiger partial charge in [-0.25, -0.2) is 0 Å². The molecule has 2 aliphatic carbocycles. The van der Waals surface area contributed by atoms with Crippen molar-refractivity contribution >= 4 is 0 Å².